The van der Waals surface area contributed by atoms with Crippen LogP contribution in [-0.4, -0.2) is 12.2 Å². The predicted octanol–water partition coefficient (Wildman–Crippen LogP) is 1.89. The summed E-state index contributed by atoms with van der Waals surface area (Å²) in [4.78, 5) is 0. The van der Waals surface area contributed by atoms with E-state index in [0.29, 0.717) is 6.04 Å². The van der Waals surface area contributed by atoms with Gasteiger partial charge in [-0.3, -0.25) is 0 Å². The van der Waals surface area contributed by atoms with Gasteiger partial charge in [-0.1, -0.05) is 24.3 Å². The van der Waals surface area contributed by atoms with Crippen molar-refractivity contribution in [2.45, 2.75) is 12.2 Å². The van der Waals surface area contributed by atoms with E-state index in [1.165, 1.54) is 11.4 Å². The fraction of sp³-hybridized carbons (Fsp3) is 0.167. The van der Waals surface area contributed by atoms with E-state index in [0.717, 1.165) is 0 Å². The van der Waals surface area contributed by atoms with Crippen molar-refractivity contribution in [3.63, 3.8) is 0 Å². The van der Waals surface area contributed by atoms with E-state index < -0.39 is 0 Å². The second kappa shape index (κ2) is 3.35. The van der Waals surface area contributed by atoms with Crippen molar-refractivity contribution in [3.05, 3.63) is 48.7 Å². The van der Waals surface area contributed by atoms with Gasteiger partial charge in [0.15, 0.2) is 0 Å². The van der Waals surface area contributed by atoms with Crippen LogP contribution in [0.15, 0.2) is 48.7 Å². The van der Waals surface area contributed by atoms with E-state index in [1.807, 2.05) is 24.4 Å². The number of para-hydroxylation sites is 2. The molecule has 0 aliphatic carbocycles. The monoisotopic (exact) mass is 199 g/mol. The molecule has 0 spiro atoms. The van der Waals surface area contributed by atoms with Crippen molar-refractivity contribution in [2.24, 2.45) is 0 Å². The van der Waals surface area contributed by atoms with Crippen molar-refractivity contribution in [1.82, 2.24) is 5.32 Å². The Hall–Kier alpha value is -1.90. The van der Waals surface area contributed by atoms with Crippen LogP contribution in [0.3, 0.4) is 0 Å². The van der Waals surface area contributed by atoms with Gasteiger partial charge < -0.3 is 16.0 Å². The number of allylic oxidation sites excluding steroid dienone is 2. The Balaban J connectivity index is 1.78. The molecule has 2 heterocycles. The first kappa shape index (κ1) is 8.41. The van der Waals surface area contributed by atoms with Crippen molar-refractivity contribution in [1.29, 1.82) is 0 Å². The van der Waals surface area contributed by atoms with Gasteiger partial charge in [-0.2, -0.15) is 0 Å². The standard InChI is InChI=1S/C12H13N3/c1-2-6-10-9(5-1)14-12(15-10)11-7-3-4-8-13-11/h1-8,11-15H. The minimum atomic E-state index is 0.226. The van der Waals surface area contributed by atoms with E-state index in [2.05, 4.69) is 40.2 Å². The zero-order chi connectivity index (χ0) is 10.1. The third kappa shape index (κ3) is 1.46. The van der Waals surface area contributed by atoms with Crippen LogP contribution in [0.2, 0.25) is 0 Å². The van der Waals surface area contributed by atoms with Crippen LogP contribution in [0.4, 0.5) is 11.4 Å². The molecule has 1 atom stereocenters. The largest absolute Gasteiger partial charge is 0.381 e. The summed E-state index contributed by atoms with van der Waals surface area (Å²) in [6.45, 7) is 0. The average molecular weight is 199 g/mol. The van der Waals surface area contributed by atoms with Gasteiger partial charge >= 0.3 is 0 Å². The predicted molar refractivity (Wildman–Crippen MR) is 62.7 cm³/mol. The van der Waals surface area contributed by atoms with Crippen molar-refractivity contribution in [3.8, 4) is 0 Å². The summed E-state index contributed by atoms with van der Waals surface area (Å²) < 4.78 is 0. The number of anilines is 2. The zero-order valence-corrected chi connectivity index (χ0v) is 8.27. The fourth-order valence-corrected chi connectivity index (χ4v) is 1.95. The van der Waals surface area contributed by atoms with Crippen LogP contribution < -0.4 is 16.0 Å². The molecule has 2 aliphatic rings. The van der Waals surface area contributed by atoms with Crippen LogP contribution in [-0.2, 0) is 0 Å². The minimum absolute atomic E-state index is 0.226. The average Bonchev–Trinajstić information content (AvgIpc) is 2.74. The van der Waals surface area contributed by atoms with Gasteiger partial charge in [0, 0.05) is 0 Å². The number of rotatable bonds is 1. The lowest BCUT2D eigenvalue weighted by molar-refractivity contribution is 0.629. The number of fused-ring (bicyclic) bond motifs is 1. The van der Waals surface area contributed by atoms with E-state index in [9.17, 15) is 0 Å². The highest BCUT2D eigenvalue weighted by Gasteiger charge is 2.25. The fourth-order valence-electron chi connectivity index (χ4n) is 1.95. The first-order valence-electron chi connectivity index (χ1n) is 5.15. The Morgan fingerprint density at radius 2 is 1.67 bits per heavy atom. The summed E-state index contributed by atoms with van der Waals surface area (Å²) in [5, 5.41) is 10.2. The molecule has 0 saturated heterocycles. The Kier molecular flexibility index (Phi) is 1.88. The van der Waals surface area contributed by atoms with Crippen LogP contribution in [0.25, 0.3) is 0 Å². The van der Waals surface area contributed by atoms with Crippen molar-refractivity contribution in [2.75, 3.05) is 10.6 Å². The van der Waals surface area contributed by atoms with E-state index in [4.69, 9.17) is 0 Å². The van der Waals surface area contributed by atoms with Gasteiger partial charge in [0.05, 0.1) is 17.4 Å². The summed E-state index contributed by atoms with van der Waals surface area (Å²) >= 11 is 0. The van der Waals surface area contributed by atoms with Gasteiger partial charge in [-0.25, -0.2) is 0 Å². The Morgan fingerprint density at radius 3 is 2.27 bits per heavy atom. The van der Waals surface area contributed by atoms with Gasteiger partial charge in [0.2, 0.25) is 0 Å². The zero-order valence-electron chi connectivity index (χ0n) is 8.27. The minimum Gasteiger partial charge on any atom is -0.381 e. The SMILES string of the molecule is C1=CNC(C2Nc3ccccc3N2)C=C1. The third-order valence-electron chi connectivity index (χ3n) is 2.72. The number of dihydropyridines is 1. The lowest BCUT2D eigenvalue weighted by atomic mass is 10.2. The molecule has 0 bridgehead atoms. The van der Waals surface area contributed by atoms with E-state index in [-0.39, 0.29) is 6.17 Å². The summed E-state index contributed by atoms with van der Waals surface area (Å²) in [5.74, 6) is 0. The molecule has 0 amide bonds. The molecule has 3 rings (SSSR count). The van der Waals surface area contributed by atoms with Gasteiger partial charge in [-0.15, -0.1) is 0 Å². The maximum absolute atomic E-state index is 3.45. The van der Waals surface area contributed by atoms with E-state index >= 15 is 0 Å². The number of benzene rings is 1. The third-order valence-corrected chi connectivity index (χ3v) is 2.72. The van der Waals surface area contributed by atoms with Crippen molar-refractivity contribution < 1.29 is 0 Å². The molecule has 1 aromatic carbocycles. The summed E-state index contributed by atoms with van der Waals surface area (Å²) in [7, 11) is 0. The summed E-state index contributed by atoms with van der Waals surface area (Å²) in [5.41, 5.74) is 2.35. The first-order valence-corrected chi connectivity index (χ1v) is 5.15. The van der Waals surface area contributed by atoms with Crippen LogP contribution in [0, 0.1) is 0 Å². The second-order valence-corrected chi connectivity index (χ2v) is 3.75. The van der Waals surface area contributed by atoms with Crippen LogP contribution >= 0.6 is 0 Å². The van der Waals surface area contributed by atoms with Crippen LogP contribution in [0.5, 0.6) is 0 Å². The summed E-state index contributed by atoms with van der Waals surface area (Å²) in [6, 6.07) is 8.55. The molecule has 3 nitrogen and oxygen atoms in total. The lowest BCUT2D eigenvalue weighted by Gasteiger charge is -2.23. The lowest BCUT2D eigenvalue weighted by Crippen LogP contribution is -2.43. The molecule has 76 valence electrons. The van der Waals surface area contributed by atoms with Gasteiger partial charge in [-0.05, 0) is 24.4 Å². The first-order chi connectivity index (χ1) is 7.43. The smallest absolute Gasteiger partial charge is 0.121 e. The molecule has 3 N–H and O–H groups in total. The second-order valence-electron chi connectivity index (χ2n) is 3.75. The Bertz CT molecular complexity index is 398. The normalized spacial score (nSPS) is 22.8. The molecule has 2 aliphatic heterocycles. The topological polar surface area (TPSA) is 36.1 Å². The highest BCUT2D eigenvalue weighted by molar-refractivity contribution is 5.74. The molecule has 3 heteroatoms. The molecule has 0 fully saturated rings. The summed E-state index contributed by atoms with van der Waals surface area (Å²) in [6.07, 6.45) is 8.41. The molecule has 15 heavy (non-hydrogen) atoms. The number of hydrogen-bond acceptors (Lipinski definition) is 3. The Labute approximate surface area is 88.9 Å². The maximum atomic E-state index is 3.45. The van der Waals surface area contributed by atoms with Gasteiger partial charge in [0.25, 0.3) is 0 Å². The Morgan fingerprint density at radius 1 is 0.933 bits per heavy atom. The van der Waals surface area contributed by atoms with Crippen molar-refractivity contribution >= 4 is 11.4 Å². The molecule has 0 radical (unpaired) electrons. The molecule has 0 aromatic heterocycles. The quantitative estimate of drug-likeness (QED) is 0.646. The number of nitrogens with one attached hydrogen (secondary N) is 3. The highest BCUT2D eigenvalue weighted by atomic mass is 15.2. The molecular weight excluding hydrogens is 186 g/mol. The highest BCUT2D eigenvalue weighted by Crippen LogP contribution is 2.29. The van der Waals surface area contributed by atoms with Gasteiger partial charge in [0.1, 0.15) is 6.17 Å². The molecule has 1 aromatic rings. The van der Waals surface area contributed by atoms with E-state index in [1.54, 1.807) is 0 Å². The maximum Gasteiger partial charge on any atom is 0.121 e. The van der Waals surface area contributed by atoms with Crippen LogP contribution in [0.1, 0.15) is 0 Å². The number of hydrogen-bond donors (Lipinski definition) is 3. The molecule has 0 saturated carbocycles. The molecular formula is C12H13N3. The molecule has 1 unspecified atom stereocenters.